The Morgan fingerprint density at radius 3 is 2.08 bits per heavy atom. The first kappa shape index (κ1) is 34.5. The molecule has 3 heteroatoms. The summed E-state index contributed by atoms with van der Waals surface area (Å²) < 4.78 is 0. The summed E-state index contributed by atoms with van der Waals surface area (Å²) in [6, 6.07) is 12.8. The van der Waals surface area contributed by atoms with Gasteiger partial charge in [-0.05, 0) is 87.5 Å². The molecule has 0 N–H and O–H groups in total. The van der Waals surface area contributed by atoms with E-state index >= 15 is 0 Å². The third kappa shape index (κ3) is 11.2. The molecule has 39 heavy (non-hydrogen) atoms. The lowest BCUT2D eigenvalue weighted by atomic mass is 9.71. The maximum absolute atomic E-state index is 12.8. The number of carbonyl (C=O) groups is 3. The van der Waals surface area contributed by atoms with Crippen molar-refractivity contribution in [2.24, 2.45) is 17.8 Å². The molecule has 3 unspecified atom stereocenters. The molecule has 0 heterocycles. The summed E-state index contributed by atoms with van der Waals surface area (Å²) in [6.07, 6.45) is 7.60. The summed E-state index contributed by atoms with van der Waals surface area (Å²) in [6.45, 7) is 18.3. The fourth-order valence-corrected chi connectivity index (χ4v) is 5.83. The number of rotatable bonds is 10. The topological polar surface area (TPSA) is 51.2 Å². The zero-order valence-electron chi connectivity index (χ0n) is 26.3. The van der Waals surface area contributed by atoms with Crippen LogP contribution in [0, 0.1) is 38.5 Å². The Morgan fingerprint density at radius 1 is 0.923 bits per heavy atom. The summed E-state index contributed by atoms with van der Waals surface area (Å²) in [7, 11) is 0. The molecule has 3 atom stereocenters. The van der Waals surface area contributed by atoms with Crippen LogP contribution < -0.4 is 0 Å². The van der Waals surface area contributed by atoms with E-state index in [0.29, 0.717) is 12.3 Å². The fourth-order valence-electron chi connectivity index (χ4n) is 5.83. The van der Waals surface area contributed by atoms with Crippen LogP contribution in [-0.2, 0) is 22.4 Å². The monoisotopic (exact) mass is 534 g/mol. The second-order valence-electron chi connectivity index (χ2n) is 11.4. The smallest absolute Gasteiger partial charge is 0.163 e. The molecule has 0 saturated heterocycles. The molecule has 2 aromatic carbocycles. The average Bonchev–Trinajstić information content (AvgIpc) is 2.87. The van der Waals surface area contributed by atoms with Crippen LogP contribution in [-0.4, -0.2) is 17.3 Å². The molecule has 0 fully saturated rings. The Bertz CT molecular complexity index is 1060. The zero-order valence-corrected chi connectivity index (χ0v) is 26.3. The quantitative estimate of drug-likeness (QED) is 0.285. The van der Waals surface area contributed by atoms with E-state index in [1.807, 2.05) is 19.9 Å². The van der Waals surface area contributed by atoms with Crippen molar-refractivity contribution in [2.75, 3.05) is 0 Å². The molecule has 0 aromatic heterocycles. The van der Waals surface area contributed by atoms with E-state index in [1.165, 1.54) is 35.6 Å². The van der Waals surface area contributed by atoms with Crippen LogP contribution in [0.3, 0.4) is 0 Å². The van der Waals surface area contributed by atoms with E-state index in [1.54, 1.807) is 0 Å². The largest absolute Gasteiger partial charge is 0.300 e. The number of hydrogen-bond donors (Lipinski definition) is 0. The summed E-state index contributed by atoms with van der Waals surface area (Å²) in [4.78, 5) is 36.9. The van der Waals surface area contributed by atoms with E-state index in [9.17, 15) is 14.4 Å². The van der Waals surface area contributed by atoms with Gasteiger partial charge in [-0.3, -0.25) is 14.4 Å². The van der Waals surface area contributed by atoms with E-state index in [2.05, 4.69) is 71.9 Å². The second-order valence-corrected chi connectivity index (χ2v) is 11.4. The maximum atomic E-state index is 12.8. The highest BCUT2D eigenvalue weighted by Crippen LogP contribution is 2.37. The molecule has 0 aliphatic heterocycles. The summed E-state index contributed by atoms with van der Waals surface area (Å²) >= 11 is 0. The van der Waals surface area contributed by atoms with Crippen LogP contribution in [0.5, 0.6) is 0 Å². The van der Waals surface area contributed by atoms with Crippen molar-refractivity contribution in [2.45, 2.75) is 120 Å². The normalized spacial score (nSPS) is 15.6. The standard InChI is InChI=1S/C24H34O3.C9H12.C3H8/c1-6-8-19(20(7-2)22(26)11-17(5)25)12-18-13-21-15(3)9-10-16(4)24(21)23(27)14-18;1-3-9-6-4-5-8(2)7-9;1-3-2/h9-10,18-20H,6-8,11-14H2,1-5H3;4-7H,3H2,1-2H3;3H2,1-2H3. The van der Waals surface area contributed by atoms with Gasteiger partial charge in [-0.2, -0.15) is 0 Å². The summed E-state index contributed by atoms with van der Waals surface area (Å²) in [5.74, 6) is 0.766. The van der Waals surface area contributed by atoms with Gasteiger partial charge in [-0.25, -0.2) is 0 Å². The first-order valence-corrected chi connectivity index (χ1v) is 15.2. The molecular weight excluding hydrogens is 480 g/mol. The molecule has 3 rings (SSSR count). The number of carbonyl (C=O) groups excluding carboxylic acids is 3. The first-order chi connectivity index (χ1) is 18.5. The van der Waals surface area contributed by atoms with Gasteiger partial charge in [0.25, 0.3) is 0 Å². The first-order valence-electron chi connectivity index (χ1n) is 15.2. The molecule has 216 valence electrons. The van der Waals surface area contributed by atoms with E-state index in [4.69, 9.17) is 0 Å². The lowest BCUT2D eigenvalue weighted by Crippen LogP contribution is -2.30. The third-order valence-electron chi connectivity index (χ3n) is 7.63. The van der Waals surface area contributed by atoms with Crippen LogP contribution in [0.15, 0.2) is 36.4 Å². The summed E-state index contributed by atoms with van der Waals surface area (Å²) in [5.41, 5.74) is 7.18. The second kappa shape index (κ2) is 17.9. The molecule has 0 spiro atoms. The van der Waals surface area contributed by atoms with Crippen molar-refractivity contribution < 1.29 is 14.4 Å². The number of benzene rings is 2. The minimum atomic E-state index is -0.0658. The van der Waals surface area contributed by atoms with Crippen LogP contribution in [0.25, 0.3) is 0 Å². The van der Waals surface area contributed by atoms with Gasteiger partial charge in [-0.15, -0.1) is 0 Å². The number of aryl methyl sites for hydroxylation is 4. The van der Waals surface area contributed by atoms with Gasteiger partial charge in [0, 0.05) is 17.9 Å². The van der Waals surface area contributed by atoms with Crippen LogP contribution >= 0.6 is 0 Å². The Labute approximate surface area is 239 Å². The Hall–Kier alpha value is -2.55. The van der Waals surface area contributed by atoms with E-state index in [0.717, 1.165) is 49.7 Å². The minimum absolute atomic E-state index is 0.0451. The molecule has 0 amide bonds. The Balaban J connectivity index is 0.000000524. The molecule has 0 radical (unpaired) electrons. The van der Waals surface area contributed by atoms with Gasteiger partial charge in [0.1, 0.15) is 11.6 Å². The molecule has 1 aliphatic carbocycles. The number of Topliss-reactive ketones (excluding diaryl/α,β-unsaturated/α-hetero) is 3. The average molecular weight is 535 g/mol. The van der Waals surface area contributed by atoms with Crippen molar-refractivity contribution in [3.8, 4) is 0 Å². The van der Waals surface area contributed by atoms with Gasteiger partial charge in [-0.1, -0.05) is 95.8 Å². The van der Waals surface area contributed by atoms with Gasteiger partial charge >= 0.3 is 0 Å². The van der Waals surface area contributed by atoms with E-state index < -0.39 is 0 Å². The van der Waals surface area contributed by atoms with Gasteiger partial charge in [0.15, 0.2) is 5.78 Å². The molecule has 1 aliphatic rings. The molecule has 0 saturated carbocycles. The highest BCUT2D eigenvalue weighted by atomic mass is 16.1. The van der Waals surface area contributed by atoms with Crippen LogP contribution in [0.4, 0.5) is 0 Å². The number of fused-ring (bicyclic) bond motifs is 1. The van der Waals surface area contributed by atoms with Crippen LogP contribution in [0.1, 0.15) is 125 Å². The highest BCUT2D eigenvalue weighted by molar-refractivity contribution is 6.00. The van der Waals surface area contributed by atoms with Crippen molar-refractivity contribution in [1.29, 1.82) is 0 Å². The Morgan fingerprint density at radius 2 is 1.56 bits per heavy atom. The highest BCUT2D eigenvalue weighted by Gasteiger charge is 2.33. The van der Waals surface area contributed by atoms with Gasteiger partial charge in [0.2, 0.25) is 0 Å². The zero-order chi connectivity index (χ0) is 29.5. The van der Waals surface area contributed by atoms with E-state index in [-0.39, 0.29) is 35.6 Å². The maximum Gasteiger partial charge on any atom is 0.163 e. The molecular formula is C36H54O3. The van der Waals surface area contributed by atoms with Crippen molar-refractivity contribution in [3.05, 3.63) is 69.8 Å². The van der Waals surface area contributed by atoms with Crippen molar-refractivity contribution in [1.82, 2.24) is 0 Å². The predicted octanol–water partition coefficient (Wildman–Crippen LogP) is 9.40. The number of ketones is 3. The SMILES string of the molecule is CCC.CCCC(CC1CC(=O)c2c(C)ccc(C)c2C1)C(CC)C(=O)CC(C)=O.CCc1cccc(C)c1. The molecule has 2 aromatic rings. The lowest BCUT2D eigenvalue weighted by Gasteiger charge is -2.32. The van der Waals surface area contributed by atoms with Gasteiger partial charge in [0.05, 0.1) is 6.42 Å². The van der Waals surface area contributed by atoms with Gasteiger partial charge < -0.3 is 0 Å². The molecule has 3 nitrogen and oxygen atoms in total. The predicted molar refractivity (Wildman–Crippen MR) is 166 cm³/mol. The minimum Gasteiger partial charge on any atom is -0.300 e. The fraction of sp³-hybridized carbons (Fsp3) is 0.583. The third-order valence-corrected chi connectivity index (χ3v) is 7.63. The molecule has 0 bridgehead atoms. The summed E-state index contributed by atoms with van der Waals surface area (Å²) in [5, 5.41) is 0. The van der Waals surface area contributed by atoms with Crippen molar-refractivity contribution in [3.63, 3.8) is 0 Å². The number of hydrogen-bond acceptors (Lipinski definition) is 3. The lowest BCUT2D eigenvalue weighted by molar-refractivity contribution is -0.129. The Kier molecular flexibility index (Phi) is 15.8. The van der Waals surface area contributed by atoms with Crippen LogP contribution in [0.2, 0.25) is 0 Å². The van der Waals surface area contributed by atoms with Crippen molar-refractivity contribution >= 4 is 17.3 Å².